The van der Waals surface area contributed by atoms with Crippen molar-refractivity contribution in [2.75, 3.05) is 11.9 Å². The minimum Gasteiger partial charge on any atom is -0.493 e. The summed E-state index contributed by atoms with van der Waals surface area (Å²) in [6.45, 7) is 10.1. The van der Waals surface area contributed by atoms with Crippen molar-refractivity contribution in [2.24, 2.45) is 5.92 Å². The third-order valence-electron chi connectivity index (χ3n) is 3.48. The Labute approximate surface area is 128 Å². The zero-order chi connectivity index (χ0) is 15.2. The molecule has 2 nitrogen and oxygen atoms in total. The number of nitrogens with one attached hydrogen (secondary N) is 1. The van der Waals surface area contributed by atoms with Crippen molar-refractivity contribution in [1.82, 2.24) is 0 Å². The predicted octanol–water partition coefficient (Wildman–Crippen LogP) is 4.95. The Hall–Kier alpha value is -1.96. The Morgan fingerprint density at radius 1 is 0.952 bits per heavy atom. The molecule has 0 unspecified atom stereocenters. The van der Waals surface area contributed by atoms with Crippen LogP contribution in [-0.4, -0.2) is 6.61 Å². The van der Waals surface area contributed by atoms with E-state index < -0.39 is 0 Å². The molecule has 0 aliphatic rings. The van der Waals surface area contributed by atoms with Gasteiger partial charge in [-0.25, -0.2) is 0 Å². The van der Waals surface area contributed by atoms with Crippen LogP contribution in [0.5, 0.6) is 5.75 Å². The van der Waals surface area contributed by atoms with Crippen molar-refractivity contribution >= 4 is 5.69 Å². The highest BCUT2D eigenvalue weighted by molar-refractivity contribution is 5.57. The standard InChI is InChI=1S/C19H25NO/c1-14(2)13-21-18-11-6-5-10-17(18)12-20-19-15(3)8-7-9-16(19)4/h5-11,14,20H,12-13H2,1-4H3. The van der Waals surface area contributed by atoms with Gasteiger partial charge in [0.1, 0.15) is 5.75 Å². The van der Waals surface area contributed by atoms with Crippen molar-refractivity contribution in [2.45, 2.75) is 34.2 Å². The molecule has 0 radical (unpaired) electrons. The van der Waals surface area contributed by atoms with Crippen LogP contribution in [0.15, 0.2) is 42.5 Å². The Morgan fingerprint density at radius 3 is 2.29 bits per heavy atom. The Balaban J connectivity index is 2.09. The molecule has 1 N–H and O–H groups in total. The van der Waals surface area contributed by atoms with Gasteiger partial charge in [-0.15, -0.1) is 0 Å². The van der Waals surface area contributed by atoms with Crippen LogP contribution in [0.2, 0.25) is 0 Å². The van der Waals surface area contributed by atoms with Crippen LogP contribution in [0.25, 0.3) is 0 Å². The highest BCUT2D eigenvalue weighted by atomic mass is 16.5. The average Bonchev–Trinajstić information content (AvgIpc) is 2.45. The van der Waals surface area contributed by atoms with Gasteiger partial charge in [0, 0.05) is 17.8 Å². The van der Waals surface area contributed by atoms with Crippen LogP contribution in [-0.2, 0) is 6.54 Å². The maximum absolute atomic E-state index is 5.91. The number of para-hydroxylation sites is 2. The van der Waals surface area contributed by atoms with Crippen molar-refractivity contribution in [1.29, 1.82) is 0 Å². The highest BCUT2D eigenvalue weighted by Crippen LogP contribution is 2.23. The van der Waals surface area contributed by atoms with E-state index in [0.29, 0.717) is 5.92 Å². The first-order valence-corrected chi connectivity index (χ1v) is 7.58. The molecule has 2 aromatic carbocycles. The number of rotatable bonds is 6. The van der Waals surface area contributed by atoms with Gasteiger partial charge in [-0.3, -0.25) is 0 Å². The van der Waals surface area contributed by atoms with E-state index in [1.807, 2.05) is 12.1 Å². The smallest absolute Gasteiger partial charge is 0.124 e. The molecule has 0 aromatic heterocycles. The monoisotopic (exact) mass is 283 g/mol. The van der Waals surface area contributed by atoms with E-state index in [-0.39, 0.29) is 0 Å². The average molecular weight is 283 g/mol. The molecule has 2 aromatic rings. The number of ether oxygens (including phenoxy) is 1. The molecule has 0 saturated heterocycles. The molecular formula is C19H25NO. The molecule has 0 atom stereocenters. The van der Waals surface area contributed by atoms with E-state index in [2.05, 4.69) is 63.3 Å². The summed E-state index contributed by atoms with van der Waals surface area (Å²) in [5, 5.41) is 3.55. The minimum absolute atomic E-state index is 0.532. The van der Waals surface area contributed by atoms with Crippen molar-refractivity contribution in [3.63, 3.8) is 0 Å². The van der Waals surface area contributed by atoms with Gasteiger partial charge >= 0.3 is 0 Å². The lowest BCUT2D eigenvalue weighted by Gasteiger charge is -2.16. The maximum atomic E-state index is 5.91. The number of benzene rings is 2. The topological polar surface area (TPSA) is 21.3 Å². The van der Waals surface area contributed by atoms with Crippen molar-refractivity contribution < 1.29 is 4.74 Å². The third kappa shape index (κ3) is 4.25. The lowest BCUT2D eigenvalue weighted by molar-refractivity contribution is 0.269. The molecule has 21 heavy (non-hydrogen) atoms. The first-order valence-electron chi connectivity index (χ1n) is 7.58. The summed E-state index contributed by atoms with van der Waals surface area (Å²) < 4.78 is 5.91. The molecule has 0 saturated carbocycles. The molecule has 0 amide bonds. The molecule has 0 heterocycles. The van der Waals surface area contributed by atoms with Crippen LogP contribution in [0, 0.1) is 19.8 Å². The highest BCUT2D eigenvalue weighted by Gasteiger charge is 2.06. The molecular weight excluding hydrogens is 258 g/mol. The van der Waals surface area contributed by atoms with E-state index >= 15 is 0 Å². The quantitative estimate of drug-likeness (QED) is 0.810. The predicted molar refractivity (Wildman–Crippen MR) is 90.0 cm³/mol. The molecule has 112 valence electrons. The minimum atomic E-state index is 0.532. The molecule has 0 fully saturated rings. The maximum Gasteiger partial charge on any atom is 0.124 e. The van der Waals surface area contributed by atoms with Crippen LogP contribution in [0.3, 0.4) is 0 Å². The number of aryl methyl sites for hydroxylation is 2. The summed E-state index contributed by atoms with van der Waals surface area (Å²) in [6, 6.07) is 14.6. The van der Waals surface area contributed by atoms with E-state index in [9.17, 15) is 0 Å². The summed E-state index contributed by atoms with van der Waals surface area (Å²) in [6.07, 6.45) is 0. The van der Waals surface area contributed by atoms with Crippen LogP contribution in [0.4, 0.5) is 5.69 Å². The zero-order valence-electron chi connectivity index (χ0n) is 13.4. The fourth-order valence-electron chi connectivity index (χ4n) is 2.32. The normalized spacial score (nSPS) is 10.7. The van der Waals surface area contributed by atoms with Gasteiger partial charge in [0.05, 0.1) is 6.61 Å². The largest absolute Gasteiger partial charge is 0.493 e. The van der Waals surface area contributed by atoms with Gasteiger partial charge in [-0.1, -0.05) is 50.2 Å². The molecule has 0 aliphatic heterocycles. The SMILES string of the molecule is Cc1cccc(C)c1NCc1ccccc1OCC(C)C. The Morgan fingerprint density at radius 2 is 1.62 bits per heavy atom. The van der Waals surface area contributed by atoms with Gasteiger partial charge < -0.3 is 10.1 Å². The number of hydrogen-bond acceptors (Lipinski definition) is 2. The summed E-state index contributed by atoms with van der Waals surface area (Å²) in [7, 11) is 0. The van der Waals surface area contributed by atoms with Crippen LogP contribution in [0.1, 0.15) is 30.5 Å². The fourth-order valence-corrected chi connectivity index (χ4v) is 2.32. The number of hydrogen-bond donors (Lipinski definition) is 1. The second-order valence-electron chi connectivity index (χ2n) is 5.93. The Kier molecular flexibility index (Phi) is 5.26. The van der Waals surface area contributed by atoms with Crippen molar-refractivity contribution in [3.05, 3.63) is 59.2 Å². The van der Waals surface area contributed by atoms with Gasteiger partial charge in [0.15, 0.2) is 0 Å². The Bertz CT molecular complexity index is 570. The zero-order valence-corrected chi connectivity index (χ0v) is 13.4. The molecule has 0 bridgehead atoms. The summed E-state index contributed by atoms with van der Waals surface area (Å²) in [4.78, 5) is 0. The van der Waals surface area contributed by atoms with E-state index in [4.69, 9.17) is 4.74 Å². The number of anilines is 1. The van der Waals surface area contributed by atoms with Gasteiger partial charge in [-0.05, 0) is 37.0 Å². The summed E-state index contributed by atoms with van der Waals surface area (Å²) >= 11 is 0. The summed E-state index contributed by atoms with van der Waals surface area (Å²) in [5.41, 5.74) is 4.96. The van der Waals surface area contributed by atoms with E-state index in [1.165, 1.54) is 22.4 Å². The molecule has 2 rings (SSSR count). The molecule has 0 aliphatic carbocycles. The second-order valence-corrected chi connectivity index (χ2v) is 5.93. The summed E-state index contributed by atoms with van der Waals surface area (Å²) in [5.74, 6) is 1.51. The van der Waals surface area contributed by atoms with Gasteiger partial charge in [0.25, 0.3) is 0 Å². The first kappa shape index (κ1) is 15.4. The first-order chi connectivity index (χ1) is 10.1. The van der Waals surface area contributed by atoms with E-state index in [1.54, 1.807) is 0 Å². The second kappa shape index (κ2) is 7.16. The fraction of sp³-hybridized carbons (Fsp3) is 0.368. The molecule has 0 spiro atoms. The lowest BCUT2D eigenvalue weighted by Crippen LogP contribution is -2.08. The van der Waals surface area contributed by atoms with Crippen molar-refractivity contribution in [3.8, 4) is 5.75 Å². The van der Waals surface area contributed by atoms with Crippen LogP contribution < -0.4 is 10.1 Å². The van der Waals surface area contributed by atoms with Gasteiger partial charge in [-0.2, -0.15) is 0 Å². The van der Waals surface area contributed by atoms with E-state index in [0.717, 1.165) is 18.9 Å². The third-order valence-corrected chi connectivity index (χ3v) is 3.48. The molecule has 2 heteroatoms. The van der Waals surface area contributed by atoms with Gasteiger partial charge in [0.2, 0.25) is 0 Å². The lowest BCUT2D eigenvalue weighted by atomic mass is 10.1. The van der Waals surface area contributed by atoms with Crippen LogP contribution >= 0.6 is 0 Å².